The number of hydrogen-bond donors (Lipinski definition) is 2. The molecule has 10 heteroatoms. The van der Waals surface area contributed by atoms with Crippen molar-refractivity contribution in [1.82, 2.24) is 5.32 Å². The number of nitro groups is 1. The monoisotopic (exact) mass is 393 g/mol. The number of benzene rings is 2. The van der Waals surface area contributed by atoms with Gasteiger partial charge >= 0.3 is 11.8 Å². The number of carbonyl (C=O) groups is 2. The number of ether oxygens (including phenoxy) is 2. The fourth-order valence-corrected chi connectivity index (χ4v) is 2.19. The molecule has 9 nitrogen and oxygen atoms in total. The molecule has 0 saturated carbocycles. The van der Waals surface area contributed by atoms with Crippen LogP contribution in [0.5, 0.6) is 11.5 Å². The third-order valence-corrected chi connectivity index (χ3v) is 3.64. The first-order valence-corrected chi connectivity index (χ1v) is 8.08. The third-order valence-electron chi connectivity index (χ3n) is 3.32. The van der Waals surface area contributed by atoms with Crippen molar-refractivity contribution in [3.8, 4) is 11.5 Å². The zero-order chi connectivity index (χ0) is 19.8. The minimum absolute atomic E-state index is 0.0712. The molecule has 0 atom stereocenters. The fraction of sp³-hybridized carbons (Fsp3) is 0.176. The lowest BCUT2D eigenvalue weighted by Crippen LogP contribution is -2.37. The number of carbonyl (C=O) groups excluding carboxylic acids is 2. The van der Waals surface area contributed by atoms with Gasteiger partial charge in [-0.05, 0) is 36.4 Å². The van der Waals surface area contributed by atoms with Crippen molar-refractivity contribution in [2.75, 3.05) is 25.6 Å². The molecule has 0 saturated heterocycles. The number of nitrogens with zero attached hydrogens (tertiary/aromatic N) is 1. The second kappa shape index (κ2) is 9.39. The normalized spacial score (nSPS) is 10.0. The summed E-state index contributed by atoms with van der Waals surface area (Å²) in [4.78, 5) is 33.7. The van der Waals surface area contributed by atoms with E-state index in [9.17, 15) is 19.7 Å². The Morgan fingerprint density at radius 1 is 1.11 bits per heavy atom. The molecule has 27 heavy (non-hydrogen) atoms. The standard InChI is InChI=1S/C17H16ClN3O6/c1-26-12-3-5-13(6-4-12)27-9-8-19-16(22)17(23)20-11-2-7-14(18)15(10-11)21(24)25/h2-7,10H,8-9H2,1H3,(H,19,22)(H,20,23). The Morgan fingerprint density at radius 2 is 1.78 bits per heavy atom. The van der Waals surface area contributed by atoms with E-state index in [2.05, 4.69) is 10.6 Å². The number of nitro benzene ring substituents is 1. The lowest BCUT2D eigenvalue weighted by Gasteiger charge is -2.09. The van der Waals surface area contributed by atoms with Gasteiger partial charge in [0, 0.05) is 11.8 Å². The Morgan fingerprint density at radius 3 is 2.41 bits per heavy atom. The van der Waals surface area contributed by atoms with Gasteiger partial charge in [-0.15, -0.1) is 0 Å². The van der Waals surface area contributed by atoms with Crippen LogP contribution in [0.4, 0.5) is 11.4 Å². The molecule has 0 aliphatic carbocycles. The van der Waals surface area contributed by atoms with E-state index in [0.717, 1.165) is 6.07 Å². The first kappa shape index (κ1) is 20.0. The van der Waals surface area contributed by atoms with E-state index in [1.54, 1.807) is 31.4 Å². The number of anilines is 1. The van der Waals surface area contributed by atoms with Crippen LogP contribution in [0.2, 0.25) is 5.02 Å². The molecule has 142 valence electrons. The van der Waals surface area contributed by atoms with Gasteiger partial charge < -0.3 is 20.1 Å². The molecule has 0 heterocycles. The summed E-state index contributed by atoms with van der Waals surface area (Å²) in [7, 11) is 1.55. The van der Waals surface area contributed by atoms with Crippen LogP contribution in [0.3, 0.4) is 0 Å². The van der Waals surface area contributed by atoms with Crippen molar-refractivity contribution in [2.45, 2.75) is 0 Å². The molecule has 0 radical (unpaired) electrons. The highest BCUT2D eigenvalue weighted by Gasteiger charge is 2.17. The molecule has 0 fully saturated rings. The van der Waals surface area contributed by atoms with Crippen molar-refractivity contribution >= 4 is 34.8 Å². The molecule has 2 aromatic carbocycles. The molecule has 0 spiro atoms. The highest BCUT2D eigenvalue weighted by atomic mass is 35.5. The van der Waals surface area contributed by atoms with Crippen molar-refractivity contribution in [3.05, 3.63) is 57.6 Å². The molecular weight excluding hydrogens is 378 g/mol. The molecule has 2 aromatic rings. The fourth-order valence-electron chi connectivity index (χ4n) is 2.00. The van der Waals surface area contributed by atoms with E-state index in [4.69, 9.17) is 21.1 Å². The Kier molecular flexibility index (Phi) is 6.95. The van der Waals surface area contributed by atoms with Crippen LogP contribution in [0, 0.1) is 10.1 Å². The van der Waals surface area contributed by atoms with Gasteiger partial charge in [-0.2, -0.15) is 0 Å². The summed E-state index contributed by atoms with van der Waals surface area (Å²) in [6, 6.07) is 10.6. The van der Waals surface area contributed by atoms with Crippen molar-refractivity contribution in [2.24, 2.45) is 0 Å². The molecule has 2 rings (SSSR count). The molecule has 0 unspecified atom stereocenters. The highest BCUT2D eigenvalue weighted by Crippen LogP contribution is 2.27. The Balaban J connectivity index is 1.79. The topological polar surface area (TPSA) is 120 Å². The van der Waals surface area contributed by atoms with E-state index in [1.165, 1.54) is 12.1 Å². The van der Waals surface area contributed by atoms with Gasteiger partial charge in [0.1, 0.15) is 23.1 Å². The number of halogens is 1. The van der Waals surface area contributed by atoms with Crippen molar-refractivity contribution in [1.29, 1.82) is 0 Å². The molecule has 2 N–H and O–H groups in total. The minimum Gasteiger partial charge on any atom is -0.497 e. The summed E-state index contributed by atoms with van der Waals surface area (Å²) >= 11 is 5.69. The maximum Gasteiger partial charge on any atom is 0.313 e. The van der Waals surface area contributed by atoms with Gasteiger partial charge in [-0.3, -0.25) is 19.7 Å². The largest absolute Gasteiger partial charge is 0.497 e. The summed E-state index contributed by atoms with van der Waals surface area (Å²) in [6.45, 7) is 0.247. The van der Waals surface area contributed by atoms with E-state index < -0.39 is 16.7 Å². The number of rotatable bonds is 7. The number of nitrogens with one attached hydrogen (secondary N) is 2. The van der Waals surface area contributed by atoms with E-state index >= 15 is 0 Å². The van der Waals surface area contributed by atoms with Crippen LogP contribution >= 0.6 is 11.6 Å². The average molecular weight is 394 g/mol. The van der Waals surface area contributed by atoms with Gasteiger partial charge in [-0.25, -0.2) is 0 Å². The zero-order valence-corrected chi connectivity index (χ0v) is 15.0. The number of hydrogen-bond acceptors (Lipinski definition) is 6. The van der Waals surface area contributed by atoms with E-state index in [1.807, 2.05) is 0 Å². The van der Waals surface area contributed by atoms with Crippen LogP contribution in [0.25, 0.3) is 0 Å². The van der Waals surface area contributed by atoms with Crippen molar-refractivity contribution in [3.63, 3.8) is 0 Å². The number of methoxy groups -OCH3 is 1. The quantitative estimate of drug-likeness (QED) is 0.322. The van der Waals surface area contributed by atoms with E-state index in [0.29, 0.717) is 11.5 Å². The minimum atomic E-state index is -0.962. The van der Waals surface area contributed by atoms with Gasteiger partial charge in [0.15, 0.2) is 0 Å². The van der Waals surface area contributed by atoms with Gasteiger partial charge in [0.2, 0.25) is 0 Å². The first-order valence-electron chi connectivity index (χ1n) is 7.70. The maximum absolute atomic E-state index is 11.8. The van der Waals surface area contributed by atoms with Gasteiger partial charge in [0.25, 0.3) is 5.69 Å². The Bertz CT molecular complexity index is 841. The lowest BCUT2D eigenvalue weighted by molar-refractivity contribution is -0.384. The third kappa shape index (κ3) is 5.86. The Hall–Kier alpha value is -3.33. The molecule has 0 bridgehead atoms. The zero-order valence-electron chi connectivity index (χ0n) is 14.2. The lowest BCUT2D eigenvalue weighted by atomic mass is 10.2. The maximum atomic E-state index is 11.8. The predicted molar refractivity (Wildman–Crippen MR) is 98.2 cm³/mol. The van der Waals surface area contributed by atoms with Crippen molar-refractivity contribution < 1.29 is 24.0 Å². The summed E-state index contributed by atoms with van der Waals surface area (Å²) < 4.78 is 10.4. The summed E-state index contributed by atoms with van der Waals surface area (Å²) in [5, 5.41) is 15.4. The highest BCUT2D eigenvalue weighted by molar-refractivity contribution is 6.39. The second-order valence-corrected chi connectivity index (χ2v) is 5.56. The SMILES string of the molecule is COc1ccc(OCCNC(=O)C(=O)Nc2ccc(Cl)c([N+](=O)[O-])c2)cc1. The van der Waals surface area contributed by atoms with Gasteiger partial charge in [0.05, 0.1) is 18.6 Å². The average Bonchev–Trinajstić information content (AvgIpc) is 2.66. The second-order valence-electron chi connectivity index (χ2n) is 5.16. The van der Waals surface area contributed by atoms with Crippen LogP contribution in [-0.2, 0) is 9.59 Å². The number of amides is 2. The van der Waals surface area contributed by atoms with Crippen LogP contribution in [0.15, 0.2) is 42.5 Å². The molecule has 0 aliphatic rings. The summed E-state index contributed by atoms with van der Waals surface area (Å²) in [5.41, 5.74) is -0.288. The summed E-state index contributed by atoms with van der Waals surface area (Å²) in [6.07, 6.45) is 0. The van der Waals surface area contributed by atoms with Crippen LogP contribution < -0.4 is 20.1 Å². The molecular formula is C17H16ClN3O6. The molecule has 0 aliphatic heterocycles. The molecule has 2 amide bonds. The van der Waals surface area contributed by atoms with E-state index in [-0.39, 0.29) is 29.5 Å². The predicted octanol–water partition coefficient (Wildman–Crippen LogP) is 2.39. The Labute approximate surface area is 159 Å². The van der Waals surface area contributed by atoms with Crippen LogP contribution in [0.1, 0.15) is 0 Å². The smallest absolute Gasteiger partial charge is 0.313 e. The first-order chi connectivity index (χ1) is 12.9. The van der Waals surface area contributed by atoms with Gasteiger partial charge in [-0.1, -0.05) is 11.6 Å². The molecule has 0 aromatic heterocycles. The van der Waals surface area contributed by atoms with Crippen LogP contribution in [-0.4, -0.2) is 37.0 Å². The summed E-state index contributed by atoms with van der Waals surface area (Å²) in [5.74, 6) is -0.584.